The Kier molecular flexibility index (Phi) is 5.98. The average molecular weight is 550 g/mol. The van der Waals surface area contributed by atoms with E-state index in [2.05, 4.69) is 170 Å². The van der Waals surface area contributed by atoms with Crippen LogP contribution in [-0.4, -0.2) is 0 Å². The highest BCUT2D eigenvalue weighted by molar-refractivity contribution is 6.27. The molecule has 0 aliphatic carbocycles. The molecule has 8 aromatic rings. The Morgan fingerprint density at radius 1 is 0.349 bits per heavy atom. The van der Waals surface area contributed by atoms with Crippen molar-refractivity contribution in [1.29, 1.82) is 0 Å². The summed E-state index contributed by atoms with van der Waals surface area (Å²) in [4.78, 5) is 2.44. The molecule has 1 heteroatoms. The highest BCUT2D eigenvalue weighted by Gasteiger charge is 2.23. The van der Waals surface area contributed by atoms with Gasteiger partial charge in [-0.2, -0.15) is 0 Å². The SMILES string of the molecule is Cc1ccc(N(c2ccc(C)cc2)c2c3ccccc3c(-c3c4ccccc4cc4ccccc34)c3ccccc23)cc1. The number of fused-ring (bicyclic) bond motifs is 4. The zero-order valence-corrected chi connectivity index (χ0v) is 24.4. The predicted molar refractivity (Wildman–Crippen MR) is 186 cm³/mol. The van der Waals surface area contributed by atoms with Gasteiger partial charge in [-0.1, -0.05) is 132 Å². The molecule has 0 amide bonds. The van der Waals surface area contributed by atoms with Crippen LogP contribution in [0.2, 0.25) is 0 Å². The second-order valence-electron chi connectivity index (χ2n) is 11.5. The molecule has 43 heavy (non-hydrogen) atoms. The molecule has 0 fully saturated rings. The van der Waals surface area contributed by atoms with E-state index in [1.165, 1.54) is 71.0 Å². The number of rotatable bonds is 4. The number of hydrogen-bond donors (Lipinski definition) is 0. The molecule has 0 saturated carbocycles. The molecule has 1 nitrogen and oxygen atoms in total. The zero-order valence-electron chi connectivity index (χ0n) is 24.4. The Labute approximate surface area is 252 Å². The maximum Gasteiger partial charge on any atom is 0.0618 e. The van der Waals surface area contributed by atoms with Crippen molar-refractivity contribution >= 4 is 60.2 Å². The van der Waals surface area contributed by atoms with Gasteiger partial charge in [0.2, 0.25) is 0 Å². The van der Waals surface area contributed by atoms with Crippen molar-refractivity contribution in [2.75, 3.05) is 4.90 Å². The van der Waals surface area contributed by atoms with Gasteiger partial charge < -0.3 is 4.90 Å². The summed E-state index contributed by atoms with van der Waals surface area (Å²) in [5.74, 6) is 0. The minimum Gasteiger partial charge on any atom is -0.309 e. The van der Waals surface area contributed by atoms with Crippen molar-refractivity contribution in [2.24, 2.45) is 0 Å². The van der Waals surface area contributed by atoms with Crippen LogP contribution < -0.4 is 4.90 Å². The first-order chi connectivity index (χ1) is 21.2. The minimum absolute atomic E-state index is 1.15. The van der Waals surface area contributed by atoms with E-state index in [4.69, 9.17) is 0 Å². The summed E-state index contributed by atoms with van der Waals surface area (Å²) in [6.45, 7) is 4.29. The van der Waals surface area contributed by atoms with Crippen LogP contribution in [0.5, 0.6) is 0 Å². The summed E-state index contributed by atoms with van der Waals surface area (Å²) in [6.07, 6.45) is 0. The monoisotopic (exact) mass is 549 g/mol. The highest BCUT2D eigenvalue weighted by Crippen LogP contribution is 2.50. The van der Waals surface area contributed by atoms with Crippen molar-refractivity contribution in [3.63, 3.8) is 0 Å². The quantitative estimate of drug-likeness (QED) is 0.197. The molecule has 0 unspecified atom stereocenters. The van der Waals surface area contributed by atoms with E-state index in [9.17, 15) is 0 Å². The average Bonchev–Trinajstić information content (AvgIpc) is 3.05. The molecule has 0 saturated heterocycles. The molecule has 204 valence electrons. The summed E-state index contributed by atoms with van der Waals surface area (Å²) < 4.78 is 0. The number of benzene rings is 8. The molecular formula is C42H31N. The van der Waals surface area contributed by atoms with Gasteiger partial charge in [0.25, 0.3) is 0 Å². The van der Waals surface area contributed by atoms with Crippen LogP contribution in [0.3, 0.4) is 0 Å². The molecule has 8 aromatic carbocycles. The van der Waals surface area contributed by atoms with Crippen LogP contribution in [0, 0.1) is 13.8 Å². The molecule has 8 rings (SSSR count). The molecule has 0 atom stereocenters. The molecule has 0 N–H and O–H groups in total. The Hall–Kier alpha value is -5.40. The fourth-order valence-electron chi connectivity index (χ4n) is 6.69. The molecule has 0 aromatic heterocycles. The van der Waals surface area contributed by atoms with Crippen molar-refractivity contribution in [3.8, 4) is 11.1 Å². The Balaban J connectivity index is 1.56. The van der Waals surface area contributed by atoms with Gasteiger partial charge in [-0.3, -0.25) is 0 Å². The predicted octanol–water partition coefficient (Wildman–Crippen LogP) is 12.1. The van der Waals surface area contributed by atoms with Gasteiger partial charge in [0.15, 0.2) is 0 Å². The molecule has 0 aliphatic heterocycles. The van der Waals surface area contributed by atoms with E-state index < -0.39 is 0 Å². The van der Waals surface area contributed by atoms with Gasteiger partial charge in [-0.25, -0.2) is 0 Å². The van der Waals surface area contributed by atoms with Crippen LogP contribution in [-0.2, 0) is 0 Å². The van der Waals surface area contributed by atoms with Crippen LogP contribution in [0.1, 0.15) is 11.1 Å². The Morgan fingerprint density at radius 3 is 1.14 bits per heavy atom. The van der Waals surface area contributed by atoms with Crippen LogP contribution in [0.15, 0.2) is 152 Å². The Morgan fingerprint density at radius 2 is 0.698 bits per heavy atom. The van der Waals surface area contributed by atoms with Crippen LogP contribution in [0.4, 0.5) is 17.1 Å². The van der Waals surface area contributed by atoms with E-state index in [-0.39, 0.29) is 0 Å². The topological polar surface area (TPSA) is 3.24 Å². The number of aryl methyl sites for hydroxylation is 2. The number of nitrogens with zero attached hydrogens (tertiary/aromatic N) is 1. The standard InChI is InChI=1S/C42H31N/c1-28-19-23-32(24-20-28)43(33-25-21-29(2)22-26-33)42-38-17-9-7-15-36(38)41(37-16-8-10-18-39(37)42)40-34-13-5-3-11-30(34)27-31-12-4-6-14-35(31)40/h3-27H,1-2H3. The first kappa shape index (κ1) is 25.3. The smallest absolute Gasteiger partial charge is 0.0618 e. The van der Waals surface area contributed by atoms with Gasteiger partial charge in [0.1, 0.15) is 0 Å². The molecule has 0 radical (unpaired) electrons. The van der Waals surface area contributed by atoms with Crippen molar-refractivity contribution in [3.05, 3.63) is 163 Å². The van der Waals surface area contributed by atoms with Gasteiger partial charge in [0, 0.05) is 22.1 Å². The number of hydrogen-bond acceptors (Lipinski definition) is 1. The summed E-state index contributed by atoms with van der Waals surface area (Å²) in [6, 6.07) is 55.7. The third kappa shape index (κ3) is 4.16. The fourth-order valence-corrected chi connectivity index (χ4v) is 6.69. The molecular weight excluding hydrogens is 518 g/mol. The van der Waals surface area contributed by atoms with Gasteiger partial charge in [-0.15, -0.1) is 0 Å². The van der Waals surface area contributed by atoms with Crippen molar-refractivity contribution in [2.45, 2.75) is 13.8 Å². The largest absolute Gasteiger partial charge is 0.309 e. The van der Waals surface area contributed by atoms with Crippen molar-refractivity contribution in [1.82, 2.24) is 0 Å². The Bertz CT molecular complexity index is 2140. The van der Waals surface area contributed by atoms with Gasteiger partial charge in [-0.05, 0) is 87.6 Å². The van der Waals surface area contributed by atoms with E-state index in [0.29, 0.717) is 0 Å². The first-order valence-corrected chi connectivity index (χ1v) is 15.0. The molecule has 0 bridgehead atoms. The van der Waals surface area contributed by atoms with E-state index >= 15 is 0 Å². The second kappa shape index (κ2) is 10.2. The van der Waals surface area contributed by atoms with E-state index in [0.717, 1.165) is 11.4 Å². The minimum atomic E-state index is 1.15. The third-order valence-corrected chi connectivity index (χ3v) is 8.73. The lowest BCUT2D eigenvalue weighted by atomic mass is 9.85. The molecule has 0 aliphatic rings. The first-order valence-electron chi connectivity index (χ1n) is 15.0. The van der Waals surface area contributed by atoms with E-state index in [1.54, 1.807) is 0 Å². The van der Waals surface area contributed by atoms with Crippen molar-refractivity contribution < 1.29 is 0 Å². The maximum absolute atomic E-state index is 2.44. The summed E-state index contributed by atoms with van der Waals surface area (Å²) >= 11 is 0. The maximum atomic E-state index is 2.44. The number of anilines is 3. The summed E-state index contributed by atoms with van der Waals surface area (Å²) in [5.41, 5.74) is 8.58. The highest BCUT2D eigenvalue weighted by atomic mass is 15.1. The van der Waals surface area contributed by atoms with Gasteiger partial charge in [0.05, 0.1) is 5.69 Å². The zero-order chi connectivity index (χ0) is 28.9. The fraction of sp³-hybridized carbons (Fsp3) is 0.0476. The lowest BCUT2D eigenvalue weighted by molar-refractivity contribution is 1.29. The molecule has 0 heterocycles. The van der Waals surface area contributed by atoms with E-state index in [1.807, 2.05) is 0 Å². The third-order valence-electron chi connectivity index (χ3n) is 8.73. The normalized spacial score (nSPS) is 11.5. The second-order valence-corrected chi connectivity index (χ2v) is 11.5. The van der Waals surface area contributed by atoms with Crippen LogP contribution >= 0.6 is 0 Å². The van der Waals surface area contributed by atoms with Crippen LogP contribution in [0.25, 0.3) is 54.2 Å². The van der Waals surface area contributed by atoms with Gasteiger partial charge >= 0.3 is 0 Å². The lowest BCUT2D eigenvalue weighted by Crippen LogP contribution is -2.11. The lowest BCUT2D eigenvalue weighted by Gasteiger charge is -2.30. The summed E-state index contributed by atoms with van der Waals surface area (Å²) in [5, 5.41) is 10.0. The molecule has 0 spiro atoms. The summed E-state index contributed by atoms with van der Waals surface area (Å²) in [7, 11) is 0.